The van der Waals surface area contributed by atoms with Crippen LogP contribution >= 0.6 is 15.9 Å². The van der Waals surface area contributed by atoms with Crippen molar-refractivity contribution in [3.8, 4) is 0 Å². The lowest BCUT2D eigenvalue weighted by molar-refractivity contribution is -0.114. The molecule has 0 fully saturated rings. The molecule has 4 rings (SSSR count). The number of para-hydroxylation sites is 1. The molecule has 1 aliphatic rings. The van der Waals surface area contributed by atoms with Crippen molar-refractivity contribution in [1.82, 2.24) is 0 Å². The van der Waals surface area contributed by atoms with Crippen LogP contribution in [0, 0.1) is 0 Å². The third-order valence-corrected chi connectivity index (χ3v) is 5.21. The van der Waals surface area contributed by atoms with Gasteiger partial charge in [0, 0.05) is 4.47 Å². The number of hydrazone groups is 1. The van der Waals surface area contributed by atoms with E-state index in [1.165, 1.54) is 5.01 Å². The Balaban J connectivity index is 1.82. The van der Waals surface area contributed by atoms with Crippen molar-refractivity contribution in [1.29, 1.82) is 0 Å². The van der Waals surface area contributed by atoms with Crippen LogP contribution in [0.15, 0.2) is 106 Å². The highest BCUT2D eigenvalue weighted by Gasteiger charge is 2.31. The highest BCUT2D eigenvalue weighted by Crippen LogP contribution is 2.31. The fourth-order valence-electron chi connectivity index (χ4n) is 3.26. The van der Waals surface area contributed by atoms with Crippen LogP contribution in [0.2, 0.25) is 0 Å². The zero-order valence-corrected chi connectivity index (χ0v) is 17.5. The van der Waals surface area contributed by atoms with Crippen molar-refractivity contribution in [3.63, 3.8) is 0 Å². The van der Waals surface area contributed by atoms with Gasteiger partial charge in [-0.25, -0.2) is 0 Å². The summed E-state index contributed by atoms with van der Waals surface area (Å²) in [4.78, 5) is 13.3. The quantitative estimate of drug-likeness (QED) is 0.433. The lowest BCUT2D eigenvalue weighted by Gasteiger charge is -2.13. The Labute approximate surface area is 178 Å². The molecular weight excluding hydrogens is 424 g/mol. The minimum absolute atomic E-state index is 0.121. The molecular formula is C25H19BrN2O. The highest BCUT2D eigenvalue weighted by molar-refractivity contribution is 9.10. The van der Waals surface area contributed by atoms with Crippen molar-refractivity contribution in [2.75, 3.05) is 5.01 Å². The van der Waals surface area contributed by atoms with Crippen molar-refractivity contribution < 1.29 is 4.79 Å². The molecule has 3 nitrogen and oxygen atoms in total. The van der Waals surface area contributed by atoms with Gasteiger partial charge in [0.15, 0.2) is 0 Å². The van der Waals surface area contributed by atoms with Crippen molar-refractivity contribution in [2.24, 2.45) is 5.10 Å². The first-order valence-electron chi connectivity index (χ1n) is 9.32. The number of hydrogen-bond acceptors (Lipinski definition) is 2. The summed E-state index contributed by atoms with van der Waals surface area (Å²) < 4.78 is 0.992. The zero-order valence-electron chi connectivity index (χ0n) is 15.9. The van der Waals surface area contributed by atoms with E-state index in [1.807, 2.05) is 104 Å². The van der Waals surface area contributed by atoms with Crippen molar-refractivity contribution in [3.05, 3.63) is 112 Å². The predicted molar refractivity (Wildman–Crippen MR) is 124 cm³/mol. The molecule has 0 spiro atoms. The van der Waals surface area contributed by atoms with E-state index >= 15 is 0 Å². The highest BCUT2D eigenvalue weighted by atomic mass is 79.9. The third-order valence-electron chi connectivity index (χ3n) is 4.69. The molecule has 3 aromatic rings. The monoisotopic (exact) mass is 442 g/mol. The molecule has 0 aromatic heterocycles. The van der Waals surface area contributed by atoms with Gasteiger partial charge in [0.05, 0.1) is 17.0 Å². The molecule has 1 aliphatic heterocycles. The smallest absolute Gasteiger partial charge is 0.267 e. The number of carbonyl (C=O) groups is 1. The van der Waals surface area contributed by atoms with Crippen LogP contribution in [0.3, 0.4) is 0 Å². The molecule has 0 aliphatic carbocycles. The van der Waals surface area contributed by atoms with Gasteiger partial charge in [-0.1, -0.05) is 88.7 Å². The second kappa shape index (κ2) is 8.41. The Morgan fingerprint density at radius 1 is 0.897 bits per heavy atom. The second-order valence-corrected chi connectivity index (χ2v) is 7.59. The fourth-order valence-corrected chi connectivity index (χ4v) is 3.52. The molecule has 0 bridgehead atoms. The number of amides is 1. The van der Waals surface area contributed by atoms with Gasteiger partial charge in [-0.2, -0.15) is 10.1 Å². The van der Waals surface area contributed by atoms with Crippen LogP contribution in [0.4, 0.5) is 5.69 Å². The lowest BCUT2D eigenvalue weighted by atomic mass is 9.96. The second-order valence-electron chi connectivity index (χ2n) is 6.68. The van der Waals surface area contributed by atoms with E-state index in [9.17, 15) is 4.79 Å². The van der Waals surface area contributed by atoms with Gasteiger partial charge in [0.1, 0.15) is 0 Å². The number of carbonyl (C=O) groups excluding carboxylic acids is 1. The van der Waals surface area contributed by atoms with E-state index in [0.717, 1.165) is 26.9 Å². The molecule has 0 saturated carbocycles. The van der Waals surface area contributed by atoms with Crippen LogP contribution in [-0.2, 0) is 4.79 Å². The summed E-state index contributed by atoms with van der Waals surface area (Å²) in [6.45, 7) is 1.88. The average Bonchev–Trinajstić information content (AvgIpc) is 3.05. The number of anilines is 1. The summed E-state index contributed by atoms with van der Waals surface area (Å²) in [7, 11) is 0. The lowest BCUT2D eigenvalue weighted by Crippen LogP contribution is -2.21. The van der Waals surface area contributed by atoms with Crippen LogP contribution in [0.25, 0.3) is 11.6 Å². The topological polar surface area (TPSA) is 32.7 Å². The normalized spacial score (nSPS) is 15.7. The maximum Gasteiger partial charge on any atom is 0.281 e. The molecule has 4 heteroatoms. The maximum atomic E-state index is 13.3. The number of hydrogen-bond donors (Lipinski definition) is 0. The van der Waals surface area contributed by atoms with Gasteiger partial charge in [-0.3, -0.25) is 4.79 Å². The predicted octanol–water partition coefficient (Wildman–Crippen LogP) is 6.34. The van der Waals surface area contributed by atoms with Crippen LogP contribution in [-0.4, -0.2) is 11.6 Å². The summed E-state index contributed by atoms with van der Waals surface area (Å²) in [5.41, 5.74) is 4.97. The largest absolute Gasteiger partial charge is 0.281 e. The molecule has 0 saturated heterocycles. The molecule has 142 valence electrons. The number of rotatable bonds is 4. The Hall–Kier alpha value is -3.24. The first-order valence-corrected chi connectivity index (χ1v) is 10.1. The maximum absolute atomic E-state index is 13.3. The Morgan fingerprint density at radius 2 is 1.52 bits per heavy atom. The third kappa shape index (κ3) is 4.13. The van der Waals surface area contributed by atoms with Crippen LogP contribution in [0.5, 0.6) is 0 Å². The SMILES string of the molecule is CC1=NN(c2ccccc2)C(=O)/C1=C(/C=C/c1ccccc1)c1ccc(Br)cc1. The molecule has 0 unspecified atom stereocenters. The van der Waals surface area contributed by atoms with E-state index < -0.39 is 0 Å². The first-order chi connectivity index (χ1) is 14.1. The number of nitrogens with zero attached hydrogens (tertiary/aromatic N) is 2. The molecule has 0 atom stereocenters. The first kappa shape index (κ1) is 19.1. The Morgan fingerprint density at radius 3 is 2.17 bits per heavy atom. The van der Waals surface area contributed by atoms with Crippen molar-refractivity contribution >= 4 is 44.9 Å². The summed E-state index contributed by atoms with van der Waals surface area (Å²) in [5.74, 6) is -0.121. The van der Waals surface area contributed by atoms with Crippen molar-refractivity contribution in [2.45, 2.75) is 6.92 Å². The minimum Gasteiger partial charge on any atom is -0.267 e. The molecule has 0 N–H and O–H groups in total. The Bertz CT molecular complexity index is 1110. The summed E-state index contributed by atoms with van der Waals surface area (Å²) in [5, 5.41) is 6.01. The Kier molecular flexibility index (Phi) is 5.54. The minimum atomic E-state index is -0.121. The van der Waals surface area contributed by atoms with Gasteiger partial charge < -0.3 is 0 Å². The summed E-state index contributed by atoms with van der Waals surface area (Å²) in [6.07, 6.45) is 4.02. The zero-order chi connectivity index (χ0) is 20.2. The van der Waals surface area contributed by atoms with Crippen LogP contribution < -0.4 is 5.01 Å². The average molecular weight is 443 g/mol. The van der Waals surface area contributed by atoms with Gasteiger partial charge in [-0.15, -0.1) is 0 Å². The fraction of sp³-hybridized carbons (Fsp3) is 0.0400. The molecule has 0 radical (unpaired) electrons. The van der Waals surface area contributed by atoms with Gasteiger partial charge >= 0.3 is 0 Å². The molecule has 1 amide bonds. The molecule has 29 heavy (non-hydrogen) atoms. The number of allylic oxidation sites excluding steroid dienone is 2. The standard InChI is InChI=1S/C25H19BrN2O/c1-18-24(25(29)28(27-18)22-10-6-3-7-11-22)23(20-13-15-21(26)16-14-20)17-12-19-8-4-2-5-9-19/h2-17H,1H3/b17-12+,24-23-. The number of benzene rings is 3. The van der Waals surface area contributed by atoms with E-state index in [-0.39, 0.29) is 5.91 Å². The summed E-state index contributed by atoms with van der Waals surface area (Å²) in [6, 6.07) is 27.5. The van der Waals surface area contributed by atoms with E-state index in [0.29, 0.717) is 11.3 Å². The molecule has 3 aromatic carbocycles. The van der Waals surface area contributed by atoms with Gasteiger partial charge in [-0.05, 0) is 47.9 Å². The van der Waals surface area contributed by atoms with Gasteiger partial charge in [0.2, 0.25) is 0 Å². The van der Waals surface area contributed by atoms with E-state index in [2.05, 4.69) is 21.0 Å². The van der Waals surface area contributed by atoms with Gasteiger partial charge in [0.25, 0.3) is 5.91 Å². The van der Waals surface area contributed by atoms with E-state index in [4.69, 9.17) is 0 Å². The summed E-state index contributed by atoms with van der Waals surface area (Å²) >= 11 is 3.48. The van der Waals surface area contributed by atoms with E-state index in [1.54, 1.807) is 0 Å². The van der Waals surface area contributed by atoms with Crippen LogP contribution in [0.1, 0.15) is 18.1 Å². The number of halogens is 1. The molecule has 1 heterocycles.